The Balaban J connectivity index is 0.00000167. The fourth-order valence-corrected chi connectivity index (χ4v) is 4.56. The zero-order valence-electron chi connectivity index (χ0n) is 21.5. The van der Waals surface area contributed by atoms with Crippen molar-refractivity contribution in [1.29, 1.82) is 0 Å². The minimum atomic E-state index is -0.233. The van der Waals surface area contributed by atoms with Crippen LogP contribution in [0, 0.1) is 0 Å². The Kier molecular flexibility index (Phi) is 11.1. The molecule has 4 heterocycles. The molecule has 9 heteroatoms. The van der Waals surface area contributed by atoms with Crippen molar-refractivity contribution >= 4 is 11.6 Å². The van der Waals surface area contributed by atoms with Gasteiger partial charge >= 0.3 is 5.69 Å². The lowest BCUT2D eigenvalue weighted by molar-refractivity contribution is 0.205. The van der Waals surface area contributed by atoms with Gasteiger partial charge in [-0.1, -0.05) is 19.9 Å². The molecule has 0 saturated carbocycles. The third kappa shape index (κ3) is 9.00. The third-order valence-electron chi connectivity index (χ3n) is 6.75. The summed E-state index contributed by atoms with van der Waals surface area (Å²) in [6, 6.07) is 6.55. The fraction of sp³-hybridized carbons (Fsp3) is 0.654. The molecule has 2 saturated heterocycles. The van der Waals surface area contributed by atoms with Crippen LogP contribution in [0.3, 0.4) is 0 Å². The van der Waals surface area contributed by atoms with Crippen LogP contribution >= 0.6 is 0 Å². The molecular weight excluding hydrogens is 440 g/mol. The van der Waals surface area contributed by atoms with E-state index in [1.54, 1.807) is 4.57 Å². The molecule has 2 fully saturated rings. The van der Waals surface area contributed by atoms with Gasteiger partial charge in [-0.05, 0) is 88.9 Å². The van der Waals surface area contributed by atoms with Gasteiger partial charge in [0.15, 0.2) is 0 Å². The Hall–Kier alpha value is -2.33. The van der Waals surface area contributed by atoms with E-state index in [0.29, 0.717) is 30.3 Å². The van der Waals surface area contributed by atoms with Crippen LogP contribution in [0.5, 0.6) is 0 Å². The predicted molar refractivity (Wildman–Crippen MR) is 143 cm³/mol. The fourth-order valence-electron chi connectivity index (χ4n) is 4.56. The number of unbranched alkanes of at least 4 members (excludes halogenated alkanes) is 1. The van der Waals surface area contributed by atoms with Gasteiger partial charge < -0.3 is 21.7 Å². The molecule has 2 aliphatic heterocycles. The number of nitrogens with one attached hydrogen (secondary N) is 1. The van der Waals surface area contributed by atoms with Crippen LogP contribution in [0.25, 0.3) is 0 Å². The van der Waals surface area contributed by atoms with Crippen LogP contribution < -0.4 is 22.5 Å². The highest BCUT2D eigenvalue weighted by molar-refractivity contribution is 5.50. The van der Waals surface area contributed by atoms with Gasteiger partial charge in [0.25, 0.3) is 0 Å². The molecule has 0 radical (unpaired) electrons. The number of likely N-dealkylation sites (tertiary alicyclic amines) is 2. The first-order chi connectivity index (χ1) is 17.0. The van der Waals surface area contributed by atoms with Gasteiger partial charge in [0.05, 0.1) is 0 Å². The van der Waals surface area contributed by atoms with Crippen molar-refractivity contribution in [1.82, 2.24) is 24.3 Å². The maximum Gasteiger partial charge on any atom is 0.349 e. The van der Waals surface area contributed by atoms with Crippen LogP contribution in [0.4, 0.5) is 11.6 Å². The van der Waals surface area contributed by atoms with Gasteiger partial charge in [-0.2, -0.15) is 4.98 Å². The van der Waals surface area contributed by atoms with Crippen molar-refractivity contribution in [3.8, 4) is 0 Å². The average Bonchev–Trinajstić information content (AvgIpc) is 2.88. The molecule has 0 bridgehead atoms. The first-order valence-electron chi connectivity index (χ1n) is 13.3. The van der Waals surface area contributed by atoms with Crippen molar-refractivity contribution in [3.63, 3.8) is 0 Å². The summed E-state index contributed by atoms with van der Waals surface area (Å²) in [5.41, 5.74) is 12.9. The molecule has 2 aromatic rings. The maximum atomic E-state index is 12.4. The zero-order valence-corrected chi connectivity index (χ0v) is 21.5. The summed E-state index contributed by atoms with van der Waals surface area (Å²) >= 11 is 0. The smallest absolute Gasteiger partial charge is 0.328 e. The van der Waals surface area contributed by atoms with E-state index in [4.69, 9.17) is 11.5 Å². The van der Waals surface area contributed by atoms with Gasteiger partial charge in [-0.15, -0.1) is 0 Å². The number of hydrogen-bond donors (Lipinski definition) is 3. The van der Waals surface area contributed by atoms with E-state index >= 15 is 0 Å². The summed E-state index contributed by atoms with van der Waals surface area (Å²) in [5.74, 6) is 1.21. The van der Waals surface area contributed by atoms with Gasteiger partial charge in [-0.3, -0.25) is 9.47 Å². The standard InChI is InChI=1S/C24H38N8O.C2H6/c25-20-5-12-30(13-6-20)10-1-2-11-32-16-9-23(29-24(32)33)28-22-4-3-19(17-27-22)18-31-14-7-21(26)8-15-31;1-2/h3-4,9,16-17,20-21H,1-2,5-8,10-15,18,25-26H2,(H,27,28,29,33);1-2H3. The Labute approximate surface area is 209 Å². The van der Waals surface area contributed by atoms with E-state index < -0.39 is 0 Å². The van der Waals surface area contributed by atoms with Gasteiger partial charge in [-0.25, -0.2) is 9.78 Å². The van der Waals surface area contributed by atoms with E-state index in [0.717, 1.165) is 77.8 Å². The minimum absolute atomic E-state index is 0.233. The molecule has 35 heavy (non-hydrogen) atoms. The Morgan fingerprint density at radius 2 is 1.51 bits per heavy atom. The molecule has 4 rings (SSSR count). The molecule has 0 atom stereocenters. The van der Waals surface area contributed by atoms with E-state index in [1.165, 1.54) is 5.56 Å². The summed E-state index contributed by atoms with van der Waals surface area (Å²) in [4.78, 5) is 26.0. The van der Waals surface area contributed by atoms with Crippen LogP contribution in [0.1, 0.15) is 57.9 Å². The van der Waals surface area contributed by atoms with Crippen LogP contribution in [0.15, 0.2) is 35.4 Å². The highest BCUT2D eigenvalue weighted by Crippen LogP contribution is 2.15. The van der Waals surface area contributed by atoms with E-state index in [1.807, 2.05) is 38.4 Å². The highest BCUT2D eigenvalue weighted by atomic mass is 16.1. The summed E-state index contributed by atoms with van der Waals surface area (Å²) < 4.78 is 1.68. The minimum Gasteiger partial charge on any atom is -0.328 e. The second kappa shape index (κ2) is 14.3. The molecule has 9 nitrogen and oxygen atoms in total. The molecule has 0 aromatic carbocycles. The maximum absolute atomic E-state index is 12.4. The second-order valence-corrected chi connectivity index (χ2v) is 9.47. The van der Waals surface area contributed by atoms with E-state index in [2.05, 4.69) is 31.2 Å². The largest absolute Gasteiger partial charge is 0.349 e. The lowest BCUT2D eigenvalue weighted by atomic mass is 10.1. The predicted octanol–water partition coefficient (Wildman–Crippen LogP) is 2.53. The Bertz CT molecular complexity index is 916. The molecular formula is C26H44N8O. The van der Waals surface area contributed by atoms with Crippen molar-refractivity contribution < 1.29 is 0 Å². The molecule has 0 amide bonds. The first-order valence-corrected chi connectivity index (χ1v) is 13.3. The van der Waals surface area contributed by atoms with Gasteiger partial charge in [0, 0.05) is 37.6 Å². The molecule has 0 unspecified atom stereocenters. The average molecular weight is 485 g/mol. The molecule has 2 aliphatic rings. The number of piperidine rings is 2. The van der Waals surface area contributed by atoms with Crippen molar-refractivity contribution in [2.24, 2.45) is 11.5 Å². The number of anilines is 2. The summed E-state index contributed by atoms with van der Waals surface area (Å²) in [6.45, 7) is 10.9. The number of nitrogens with zero attached hydrogens (tertiary/aromatic N) is 5. The molecule has 0 spiro atoms. The number of aromatic nitrogens is 3. The molecule has 5 N–H and O–H groups in total. The molecule has 0 aliphatic carbocycles. The van der Waals surface area contributed by atoms with Gasteiger partial charge in [0.2, 0.25) is 0 Å². The topological polar surface area (TPSA) is 118 Å². The van der Waals surface area contributed by atoms with E-state index in [9.17, 15) is 4.79 Å². The van der Waals surface area contributed by atoms with Crippen molar-refractivity contribution in [2.75, 3.05) is 38.0 Å². The van der Waals surface area contributed by atoms with Crippen molar-refractivity contribution in [2.45, 2.75) is 77.5 Å². The summed E-state index contributed by atoms with van der Waals surface area (Å²) in [7, 11) is 0. The lowest BCUT2D eigenvalue weighted by Crippen LogP contribution is -2.40. The first kappa shape index (κ1) is 27.3. The normalized spacial score (nSPS) is 18.2. The number of hydrogen-bond acceptors (Lipinski definition) is 8. The third-order valence-corrected chi connectivity index (χ3v) is 6.75. The number of aryl methyl sites for hydroxylation is 1. The number of nitrogens with two attached hydrogens (primary N) is 2. The second-order valence-electron chi connectivity index (χ2n) is 9.47. The lowest BCUT2D eigenvalue weighted by Gasteiger charge is -2.29. The van der Waals surface area contributed by atoms with Crippen molar-refractivity contribution in [3.05, 3.63) is 46.6 Å². The Morgan fingerprint density at radius 3 is 2.11 bits per heavy atom. The van der Waals surface area contributed by atoms with Crippen LogP contribution in [-0.2, 0) is 13.1 Å². The van der Waals surface area contributed by atoms with Crippen LogP contribution in [0.2, 0.25) is 0 Å². The van der Waals surface area contributed by atoms with E-state index in [-0.39, 0.29) is 5.69 Å². The zero-order chi connectivity index (χ0) is 25.0. The number of pyridine rings is 1. The molecule has 2 aromatic heterocycles. The SMILES string of the molecule is CC.NC1CCN(CCCCn2ccc(Nc3ccc(CN4CCC(N)CC4)cn3)nc2=O)CC1. The van der Waals surface area contributed by atoms with Crippen LogP contribution in [-0.4, -0.2) is 69.1 Å². The number of rotatable bonds is 9. The molecule has 194 valence electrons. The van der Waals surface area contributed by atoms with Gasteiger partial charge in [0.1, 0.15) is 11.6 Å². The Morgan fingerprint density at radius 1 is 0.886 bits per heavy atom. The monoisotopic (exact) mass is 484 g/mol. The summed E-state index contributed by atoms with van der Waals surface area (Å²) in [5, 5.41) is 3.14. The quantitative estimate of drug-likeness (QED) is 0.465. The summed E-state index contributed by atoms with van der Waals surface area (Å²) in [6.07, 6.45) is 10.0. The highest BCUT2D eigenvalue weighted by Gasteiger charge is 2.16.